The molecule has 0 spiro atoms. The maximum atomic E-state index is 13.8. The van der Waals surface area contributed by atoms with Gasteiger partial charge >= 0.3 is 5.97 Å². The van der Waals surface area contributed by atoms with E-state index in [2.05, 4.69) is 26.2 Å². The first-order valence-corrected chi connectivity index (χ1v) is 9.73. The molecule has 2 aromatic carbocycles. The van der Waals surface area contributed by atoms with Gasteiger partial charge in [-0.05, 0) is 46.3 Å². The van der Waals surface area contributed by atoms with Crippen molar-refractivity contribution in [3.05, 3.63) is 73.6 Å². The highest BCUT2D eigenvalue weighted by atomic mass is 79.9. The van der Waals surface area contributed by atoms with E-state index in [-0.39, 0.29) is 32.1 Å². The normalized spacial score (nSPS) is 10.5. The summed E-state index contributed by atoms with van der Waals surface area (Å²) in [6.45, 7) is -0.675. The van der Waals surface area contributed by atoms with Gasteiger partial charge in [0.1, 0.15) is 11.6 Å². The first kappa shape index (κ1) is 21.5. The van der Waals surface area contributed by atoms with Crippen LogP contribution in [0.2, 0.25) is 0 Å². The van der Waals surface area contributed by atoms with Gasteiger partial charge in [-0.2, -0.15) is 0 Å². The summed E-state index contributed by atoms with van der Waals surface area (Å²) in [7, 11) is 0. The molecule has 1 aromatic heterocycles. The van der Waals surface area contributed by atoms with E-state index < -0.39 is 35.0 Å². The minimum Gasteiger partial charge on any atom is -0.452 e. The summed E-state index contributed by atoms with van der Waals surface area (Å²) in [5.41, 5.74) is -0.355. The molecule has 0 atom stereocenters. The van der Waals surface area contributed by atoms with Crippen molar-refractivity contribution in [1.82, 2.24) is 4.98 Å². The molecule has 0 saturated heterocycles. The van der Waals surface area contributed by atoms with Gasteiger partial charge in [-0.1, -0.05) is 0 Å². The third-order valence-corrected chi connectivity index (χ3v) is 5.10. The SMILES string of the molecule is O=C(COC(=O)c1ccc(Br)c([N+](=O)[O-])c1)Nc1nc(-c2cc(F)ccc2F)cs1. The number of aromatic nitrogens is 1. The van der Waals surface area contributed by atoms with Crippen LogP contribution in [0.5, 0.6) is 0 Å². The second-order valence-electron chi connectivity index (χ2n) is 5.71. The number of esters is 1. The Bertz CT molecular complexity index is 1150. The van der Waals surface area contributed by atoms with Crippen LogP contribution in [0.3, 0.4) is 0 Å². The van der Waals surface area contributed by atoms with Gasteiger partial charge in [-0.15, -0.1) is 11.3 Å². The summed E-state index contributed by atoms with van der Waals surface area (Å²) in [6, 6.07) is 6.56. The molecule has 8 nitrogen and oxygen atoms in total. The molecule has 0 radical (unpaired) electrons. The molecule has 0 aliphatic carbocycles. The predicted octanol–water partition coefficient (Wildman–Crippen LogP) is 4.55. The molecule has 0 saturated carbocycles. The van der Waals surface area contributed by atoms with E-state index in [1.807, 2.05) is 0 Å². The fourth-order valence-electron chi connectivity index (χ4n) is 2.30. The maximum Gasteiger partial charge on any atom is 0.338 e. The topological polar surface area (TPSA) is 111 Å². The van der Waals surface area contributed by atoms with Gasteiger partial charge in [-0.3, -0.25) is 20.2 Å². The highest BCUT2D eigenvalue weighted by molar-refractivity contribution is 9.10. The summed E-state index contributed by atoms with van der Waals surface area (Å²) >= 11 is 3.97. The molecule has 12 heteroatoms. The lowest BCUT2D eigenvalue weighted by Gasteiger charge is -2.05. The monoisotopic (exact) mass is 497 g/mol. The number of nitro groups is 1. The van der Waals surface area contributed by atoms with Crippen LogP contribution < -0.4 is 5.32 Å². The van der Waals surface area contributed by atoms with Crippen LogP contribution in [0.4, 0.5) is 19.6 Å². The van der Waals surface area contributed by atoms with E-state index in [1.165, 1.54) is 17.5 Å². The second kappa shape index (κ2) is 9.05. The molecule has 1 heterocycles. The number of amides is 1. The Morgan fingerprint density at radius 3 is 2.73 bits per heavy atom. The van der Waals surface area contributed by atoms with Crippen LogP contribution in [0.25, 0.3) is 11.3 Å². The van der Waals surface area contributed by atoms with Crippen LogP contribution >= 0.6 is 27.3 Å². The number of nitro benzene ring substituents is 1. The average molecular weight is 498 g/mol. The minimum absolute atomic E-state index is 0.0602. The Labute approximate surface area is 179 Å². The van der Waals surface area contributed by atoms with Gasteiger partial charge in [0, 0.05) is 17.0 Å². The zero-order valence-electron chi connectivity index (χ0n) is 14.7. The number of anilines is 1. The number of nitrogens with zero attached hydrogens (tertiary/aromatic N) is 2. The molecule has 1 amide bonds. The molecular formula is C18H10BrF2N3O5S. The Morgan fingerprint density at radius 1 is 1.23 bits per heavy atom. The molecule has 0 aliphatic rings. The van der Waals surface area contributed by atoms with Gasteiger partial charge in [0.25, 0.3) is 11.6 Å². The highest BCUT2D eigenvalue weighted by Crippen LogP contribution is 2.28. The number of rotatable bonds is 6. The summed E-state index contributed by atoms with van der Waals surface area (Å²) in [6.07, 6.45) is 0. The van der Waals surface area contributed by atoms with Gasteiger partial charge in [0.2, 0.25) is 0 Å². The van der Waals surface area contributed by atoms with Gasteiger partial charge in [0.15, 0.2) is 11.7 Å². The third kappa shape index (κ3) is 5.02. The number of nitrogens with one attached hydrogen (secondary N) is 1. The van der Waals surface area contributed by atoms with Crippen molar-refractivity contribution in [3.8, 4) is 11.3 Å². The molecule has 30 heavy (non-hydrogen) atoms. The van der Waals surface area contributed by atoms with Crippen LogP contribution in [0.1, 0.15) is 10.4 Å². The molecule has 0 fully saturated rings. The smallest absolute Gasteiger partial charge is 0.338 e. The first-order chi connectivity index (χ1) is 14.2. The van der Waals surface area contributed by atoms with Crippen molar-refractivity contribution in [2.75, 3.05) is 11.9 Å². The van der Waals surface area contributed by atoms with Crippen LogP contribution in [-0.4, -0.2) is 28.4 Å². The number of hydrogen-bond acceptors (Lipinski definition) is 7. The zero-order chi connectivity index (χ0) is 21.8. The number of carbonyl (C=O) groups excluding carboxylic acids is 2. The summed E-state index contributed by atoms with van der Waals surface area (Å²) in [4.78, 5) is 38.2. The quantitative estimate of drug-likeness (QED) is 0.303. The van der Waals surface area contributed by atoms with Crippen LogP contribution in [0, 0.1) is 21.7 Å². The molecule has 3 aromatic rings. The van der Waals surface area contributed by atoms with E-state index in [4.69, 9.17) is 4.74 Å². The van der Waals surface area contributed by atoms with E-state index in [0.717, 1.165) is 35.6 Å². The Balaban J connectivity index is 1.61. The molecule has 0 bridgehead atoms. The molecule has 3 rings (SSSR count). The van der Waals surface area contributed by atoms with Crippen molar-refractivity contribution in [1.29, 1.82) is 0 Å². The summed E-state index contributed by atoms with van der Waals surface area (Å²) in [5.74, 6) is -2.96. The van der Waals surface area contributed by atoms with Crippen molar-refractivity contribution in [3.63, 3.8) is 0 Å². The van der Waals surface area contributed by atoms with Gasteiger partial charge in [-0.25, -0.2) is 18.6 Å². The lowest BCUT2D eigenvalue weighted by atomic mass is 10.1. The number of carbonyl (C=O) groups is 2. The Morgan fingerprint density at radius 2 is 2.00 bits per heavy atom. The van der Waals surface area contributed by atoms with E-state index in [0.29, 0.717) is 0 Å². The fourth-order valence-corrected chi connectivity index (χ4v) is 3.42. The van der Waals surface area contributed by atoms with E-state index in [1.54, 1.807) is 0 Å². The lowest BCUT2D eigenvalue weighted by Crippen LogP contribution is -2.20. The number of halogens is 3. The third-order valence-electron chi connectivity index (χ3n) is 3.67. The van der Waals surface area contributed by atoms with E-state index >= 15 is 0 Å². The summed E-state index contributed by atoms with van der Waals surface area (Å²) < 4.78 is 32.1. The molecular weight excluding hydrogens is 488 g/mol. The second-order valence-corrected chi connectivity index (χ2v) is 7.42. The van der Waals surface area contributed by atoms with E-state index in [9.17, 15) is 28.5 Å². The molecule has 0 unspecified atom stereocenters. The molecule has 0 aliphatic heterocycles. The number of ether oxygens (including phenoxy) is 1. The fraction of sp³-hybridized carbons (Fsp3) is 0.0556. The number of benzene rings is 2. The Hall–Kier alpha value is -3.25. The number of hydrogen-bond donors (Lipinski definition) is 1. The predicted molar refractivity (Wildman–Crippen MR) is 107 cm³/mol. The van der Waals surface area contributed by atoms with Crippen molar-refractivity contribution < 1.29 is 28.0 Å². The van der Waals surface area contributed by atoms with Crippen LogP contribution in [-0.2, 0) is 9.53 Å². The largest absolute Gasteiger partial charge is 0.452 e. The average Bonchev–Trinajstić information content (AvgIpc) is 3.16. The van der Waals surface area contributed by atoms with Crippen molar-refractivity contribution >= 4 is 50.0 Å². The van der Waals surface area contributed by atoms with Crippen molar-refractivity contribution in [2.24, 2.45) is 0 Å². The van der Waals surface area contributed by atoms with Gasteiger partial charge in [0.05, 0.1) is 20.7 Å². The minimum atomic E-state index is -0.928. The molecule has 154 valence electrons. The Kier molecular flexibility index (Phi) is 6.47. The first-order valence-electron chi connectivity index (χ1n) is 8.06. The standard InChI is InChI=1S/C18H10BrF2N3O5S/c19-12-3-1-9(5-15(12)24(27)28)17(26)29-7-16(25)23-18-22-14(8-30-18)11-6-10(20)2-4-13(11)21/h1-6,8H,7H2,(H,22,23,25). The molecule has 1 N–H and O–H groups in total. The maximum absolute atomic E-state index is 13.8. The zero-order valence-corrected chi connectivity index (χ0v) is 17.1. The van der Waals surface area contributed by atoms with Gasteiger partial charge < -0.3 is 4.74 Å². The number of thiazole rings is 1. The van der Waals surface area contributed by atoms with Crippen LogP contribution in [0.15, 0.2) is 46.3 Å². The highest BCUT2D eigenvalue weighted by Gasteiger charge is 2.18. The lowest BCUT2D eigenvalue weighted by molar-refractivity contribution is -0.385. The summed E-state index contributed by atoms with van der Waals surface area (Å²) in [5, 5.41) is 14.8. The van der Waals surface area contributed by atoms with Crippen molar-refractivity contribution in [2.45, 2.75) is 0 Å².